The molecule has 12 aromatic carbocycles. The van der Waals surface area contributed by atoms with E-state index in [2.05, 4.69) is 254 Å². The summed E-state index contributed by atoms with van der Waals surface area (Å²) in [7, 11) is 0. The zero-order valence-electron chi connectivity index (χ0n) is 41.5. The Morgan fingerprint density at radius 1 is 0.247 bits per heavy atom. The molecule has 15 aromatic rings. The second-order valence-electron chi connectivity index (χ2n) is 20.5. The second-order valence-corrected chi connectivity index (χ2v) is 20.5. The van der Waals surface area contributed by atoms with Crippen LogP contribution in [0.3, 0.4) is 0 Å². The molecule has 0 radical (unpaired) electrons. The maximum Gasteiger partial charge on any atom is 0.159 e. The molecular weight excluding hydrogens is 939 g/mol. The molecule has 4 heteroatoms. The number of para-hydroxylation sites is 4. The normalized spacial score (nSPS) is 13.3. The Labute approximate surface area is 442 Å². The molecule has 2 aliphatic rings. The van der Waals surface area contributed by atoms with Crippen molar-refractivity contribution in [1.82, 2.24) is 0 Å². The highest BCUT2D eigenvalue weighted by molar-refractivity contribution is 6.16. The van der Waals surface area contributed by atoms with Crippen LogP contribution in [-0.2, 0) is 5.41 Å². The van der Waals surface area contributed by atoms with Crippen molar-refractivity contribution in [3.8, 4) is 55.6 Å². The summed E-state index contributed by atoms with van der Waals surface area (Å²) in [6, 6.07) is 94.9. The van der Waals surface area contributed by atoms with Crippen LogP contribution >= 0.6 is 0 Å². The van der Waals surface area contributed by atoms with Crippen LogP contribution in [0.4, 0.5) is 17.1 Å². The van der Waals surface area contributed by atoms with Crippen molar-refractivity contribution < 1.29 is 13.3 Å². The van der Waals surface area contributed by atoms with Gasteiger partial charge in [0.1, 0.15) is 27.9 Å². The highest BCUT2D eigenvalue weighted by Crippen LogP contribution is 2.65. The smallest absolute Gasteiger partial charge is 0.159 e. The zero-order chi connectivity index (χ0) is 50.3. The molecular formula is C73H43NO3. The maximum atomic E-state index is 6.97. The maximum absolute atomic E-state index is 6.97. The Morgan fingerprint density at radius 3 is 1.17 bits per heavy atom. The summed E-state index contributed by atoms with van der Waals surface area (Å²) < 4.78 is 20.0. The van der Waals surface area contributed by atoms with E-state index in [1.54, 1.807) is 0 Å². The molecule has 4 heterocycles. The van der Waals surface area contributed by atoms with Crippen molar-refractivity contribution >= 4 is 82.9 Å². The fraction of sp³-hybridized carbons (Fsp3) is 0.0137. The molecule has 0 atom stereocenters. The van der Waals surface area contributed by atoms with Gasteiger partial charge in [0.25, 0.3) is 0 Å². The molecule has 0 N–H and O–H groups in total. The number of fused-ring (bicyclic) bond motifs is 18. The molecule has 0 amide bonds. The van der Waals surface area contributed by atoms with Crippen LogP contribution in [-0.4, -0.2) is 0 Å². The Balaban J connectivity index is 0.978. The van der Waals surface area contributed by atoms with Gasteiger partial charge in [0.05, 0.1) is 22.5 Å². The Bertz CT molecular complexity index is 4710. The molecule has 0 unspecified atom stereocenters. The van der Waals surface area contributed by atoms with E-state index >= 15 is 0 Å². The van der Waals surface area contributed by atoms with Crippen molar-refractivity contribution in [2.45, 2.75) is 5.41 Å². The summed E-state index contributed by atoms with van der Waals surface area (Å²) in [5.41, 5.74) is 24.1. The lowest BCUT2D eigenvalue weighted by Crippen LogP contribution is -2.36. The number of nitrogens with zero attached hydrogens (tertiary/aromatic N) is 1. The summed E-state index contributed by atoms with van der Waals surface area (Å²) >= 11 is 0. The van der Waals surface area contributed by atoms with Gasteiger partial charge in [-0.1, -0.05) is 200 Å². The van der Waals surface area contributed by atoms with Crippen LogP contribution in [0, 0.1) is 0 Å². The number of rotatable bonds is 5. The van der Waals surface area contributed by atoms with E-state index in [-0.39, 0.29) is 0 Å². The molecule has 358 valence electrons. The first-order chi connectivity index (χ1) is 38.2. The third-order valence-corrected chi connectivity index (χ3v) is 16.7. The minimum Gasteiger partial charge on any atom is -0.456 e. The van der Waals surface area contributed by atoms with Gasteiger partial charge in [0.15, 0.2) is 5.58 Å². The van der Waals surface area contributed by atoms with Gasteiger partial charge in [0.2, 0.25) is 0 Å². The lowest BCUT2D eigenvalue weighted by atomic mass is 9.64. The molecule has 3 aromatic heterocycles. The largest absolute Gasteiger partial charge is 0.456 e. The molecule has 1 spiro atoms. The first-order valence-corrected chi connectivity index (χ1v) is 26.4. The average Bonchev–Trinajstić information content (AvgIpc) is 4.24. The molecule has 0 saturated heterocycles. The van der Waals surface area contributed by atoms with Crippen LogP contribution in [0.1, 0.15) is 22.3 Å². The van der Waals surface area contributed by atoms with Gasteiger partial charge in [-0.3, -0.25) is 0 Å². The fourth-order valence-corrected chi connectivity index (χ4v) is 13.6. The van der Waals surface area contributed by atoms with Gasteiger partial charge in [0, 0.05) is 32.3 Å². The minimum absolute atomic E-state index is 0.756. The standard InChI is InChI=1S/C73H43NO3/c1-3-20-48(53-27-16-36-68-70(53)56-25-8-13-34-66(56)75-68)46(18-1)44-38-40-62-60(42-44)73(58-30-10-5-22-50(58)51-23-6-11-31-59(51)73)61-43-45(39-41-63(61)74(62)64-32-15-29-55-52-24-7-12-33-65(52)77-72(55)64)47-19-2-4-21-49(47)54-28-17-37-69-71(54)57-26-9-14-35-67(57)76-69/h1-43H. The van der Waals surface area contributed by atoms with Gasteiger partial charge < -0.3 is 18.2 Å². The van der Waals surface area contributed by atoms with Gasteiger partial charge >= 0.3 is 0 Å². The monoisotopic (exact) mass is 981 g/mol. The lowest BCUT2D eigenvalue weighted by molar-refractivity contribution is 0.668. The fourth-order valence-electron chi connectivity index (χ4n) is 13.6. The predicted octanol–water partition coefficient (Wildman–Crippen LogP) is 20.2. The Kier molecular flexibility index (Phi) is 8.73. The van der Waals surface area contributed by atoms with Crippen LogP contribution < -0.4 is 4.90 Å². The van der Waals surface area contributed by atoms with Gasteiger partial charge in [-0.25, -0.2) is 0 Å². The van der Waals surface area contributed by atoms with Crippen LogP contribution in [0.2, 0.25) is 0 Å². The number of hydrogen-bond donors (Lipinski definition) is 0. The van der Waals surface area contributed by atoms with E-state index < -0.39 is 5.41 Å². The third-order valence-electron chi connectivity index (χ3n) is 16.7. The van der Waals surface area contributed by atoms with E-state index in [4.69, 9.17) is 13.3 Å². The van der Waals surface area contributed by atoms with Gasteiger partial charge in [-0.2, -0.15) is 0 Å². The number of benzene rings is 12. The Hall–Kier alpha value is -10.2. The van der Waals surface area contributed by atoms with Crippen molar-refractivity contribution in [2.75, 3.05) is 4.90 Å². The van der Waals surface area contributed by atoms with E-state index in [9.17, 15) is 0 Å². The minimum atomic E-state index is -0.756. The summed E-state index contributed by atoms with van der Waals surface area (Å²) in [5, 5.41) is 6.62. The Morgan fingerprint density at radius 2 is 0.636 bits per heavy atom. The van der Waals surface area contributed by atoms with E-state index in [0.29, 0.717) is 0 Å². The predicted molar refractivity (Wildman–Crippen MR) is 316 cm³/mol. The third kappa shape index (κ3) is 5.81. The molecule has 0 saturated carbocycles. The summed E-state index contributed by atoms with van der Waals surface area (Å²) in [4.78, 5) is 2.48. The highest BCUT2D eigenvalue weighted by atomic mass is 16.3. The average molecular weight is 982 g/mol. The van der Waals surface area contributed by atoms with Crippen molar-refractivity contribution in [2.24, 2.45) is 0 Å². The second kappa shape index (κ2) is 15.9. The molecule has 1 aliphatic carbocycles. The zero-order valence-corrected chi connectivity index (χ0v) is 41.5. The van der Waals surface area contributed by atoms with Crippen molar-refractivity contribution in [3.05, 3.63) is 283 Å². The van der Waals surface area contributed by atoms with Crippen LogP contribution in [0.15, 0.2) is 274 Å². The van der Waals surface area contributed by atoms with Crippen molar-refractivity contribution in [3.63, 3.8) is 0 Å². The van der Waals surface area contributed by atoms with Crippen LogP contribution in [0.5, 0.6) is 0 Å². The molecule has 1 aliphatic heterocycles. The van der Waals surface area contributed by atoms with Crippen molar-refractivity contribution in [1.29, 1.82) is 0 Å². The molecule has 0 bridgehead atoms. The molecule has 17 rings (SSSR count). The number of furan rings is 3. The number of hydrogen-bond acceptors (Lipinski definition) is 4. The molecule has 77 heavy (non-hydrogen) atoms. The first-order valence-electron chi connectivity index (χ1n) is 26.4. The highest BCUT2D eigenvalue weighted by Gasteiger charge is 2.52. The van der Waals surface area contributed by atoms with Crippen LogP contribution in [0.25, 0.3) is 121 Å². The molecule has 4 nitrogen and oxygen atoms in total. The van der Waals surface area contributed by atoms with Gasteiger partial charge in [-0.15, -0.1) is 0 Å². The van der Waals surface area contributed by atoms with E-state index in [1.165, 1.54) is 33.4 Å². The summed E-state index contributed by atoms with van der Waals surface area (Å²) in [5.74, 6) is 0. The first kappa shape index (κ1) is 42.2. The molecule has 0 fully saturated rings. The summed E-state index contributed by atoms with van der Waals surface area (Å²) in [6.07, 6.45) is 0. The number of anilines is 3. The van der Waals surface area contributed by atoms with E-state index in [1.807, 2.05) is 12.1 Å². The topological polar surface area (TPSA) is 42.7 Å². The SMILES string of the molecule is c1ccc(-c2cccc3oc4ccccc4c23)c(-c2ccc3c(c2)C2(c4ccccc4-c4ccccc42)c2cc(-c4ccccc4-c4cccc5oc6ccccc6c45)ccc2N3c2cccc3c2oc2ccccc23)c1. The lowest BCUT2D eigenvalue weighted by Gasteiger charge is -2.45. The quantitative estimate of drug-likeness (QED) is 0.172. The van der Waals surface area contributed by atoms with Gasteiger partial charge in [-0.05, 0) is 139 Å². The summed E-state index contributed by atoms with van der Waals surface area (Å²) in [6.45, 7) is 0. The van der Waals surface area contributed by atoms with E-state index in [0.717, 1.165) is 127 Å².